The van der Waals surface area contributed by atoms with Gasteiger partial charge in [0.05, 0.1) is 0 Å². The second kappa shape index (κ2) is 6.92. The Labute approximate surface area is 123 Å². The molecule has 0 aliphatic carbocycles. The minimum Gasteiger partial charge on any atom is -0.481 e. The Morgan fingerprint density at radius 1 is 1.24 bits per heavy atom. The topological polar surface area (TPSA) is 71.3 Å². The van der Waals surface area contributed by atoms with E-state index in [0.717, 1.165) is 16.6 Å². The molecule has 0 fully saturated rings. The summed E-state index contributed by atoms with van der Waals surface area (Å²) in [4.78, 5) is 22.3. The standard InChI is InChI=1S/C16H20N2O3/c1-12-10-13-6-2-3-7-14(13)18(12)11-15(19)17-9-5-4-8-16(20)21/h2-3,6-7,10H,4-5,8-9,11H2,1H3,(H,17,19)(H,20,21). The van der Waals surface area contributed by atoms with Crippen molar-refractivity contribution in [1.82, 2.24) is 9.88 Å². The molecular formula is C16H20N2O3. The highest BCUT2D eigenvalue weighted by atomic mass is 16.4. The van der Waals surface area contributed by atoms with Crippen LogP contribution in [0.3, 0.4) is 0 Å². The van der Waals surface area contributed by atoms with E-state index < -0.39 is 5.97 Å². The van der Waals surface area contributed by atoms with Crippen LogP contribution in [0.4, 0.5) is 0 Å². The minimum atomic E-state index is -0.796. The number of aromatic nitrogens is 1. The van der Waals surface area contributed by atoms with E-state index in [1.54, 1.807) is 0 Å². The molecule has 0 saturated carbocycles. The maximum atomic E-state index is 12.0. The third-order valence-electron chi connectivity index (χ3n) is 3.46. The molecular weight excluding hydrogens is 268 g/mol. The lowest BCUT2D eigenvalue weighted by molar-refractivity contribution is -0.137. The maximum absolute atomic E-state index is 12.0. The number of hydrogen-bond donors (Lipinski definition) is 2. The fourth-order valence-electron chi connectivity index (χ4n) is 2.39. The second-order valence-corrected chi connectivity index (χ2v) is 5.13. The minimum absolute atomic E-state index is 0.0465. The Morgan fingerprint density at radius 2 is 2.00 bits per heavy atom. The van der Waals surface area contributed by atoms with Crippen LogP contribution in [0.2, 0.25) is 0 Å². The SMILES string of the molecule is Cc1cc2ccccc2n1CC(=O)NCCCCC(=O)O. The number of fused-ring (bicyclic) bond motifs is 1. The van der Waals surface area contributed by atoms with Crippen LogP contribution >= 0.6 is 0 Å². The molecule has 1 amide bonds. The van der Waals surface area contributed by atoms with Gasteiger partial charge in [0.15, 0.2) is 0 Å². The number of amides is 1. The molecule has 1 aromatic heterocycles. The van der Waals surface area contributed by atoms with Gasteiger partial charge in [-0.25, -0.2) is 0 Å². The Bertz CT molecular complexity index is 646. The molecule has 0 unspecified atom stereocenters. The zero-order valence-corrected chi connectivity index (χ0v) is 12.1. The molecule has 0 radical (unpaired) electrons. The lowest BCUT2D eigenvalue weighted by atomic mass is 10.2. The highest BCUT2D eigenvalue weighted by Crippen LogP contribution is 2.18. The number of para-hydroxylation sites is 1. The molecule has 0 bridgehead atoms. The van der Waals surface area contributed by atoms with Crippen LogP contribution in [0.1, 0.15) is 25.0 Å². The number of carbonyl (C=O) groups is 2. The highest BCUT2D eigenvalue weighted by molar-refractivity contribution is 5.84. The molecule has 1 aromatic carbocycles. The van der Waals surface area contributed by atoms with E-state index in [0.29, 0.717) is 19.4 Å². The molecule has 2 aromatic rings. The number of carboxylic acids is 1. The van der Waals surface area contributed by atoms with Gasteiger partial charge >= 0.3 is 5.97 Å². The quantitative estimate of drug-likeness (QED) is 0.768. The summed E-state index contributed by atoms with van der Waals surface area (Å²) >= 11 is 0. The predicted molar refractivity (Wildman–Crippen MR) is 81.2 cm³/mol. The average Bonchev–Trinajstić information content (AvgIpc) is 2.74. The predicted octanol–water partition coefficient (Wildman–Crippen LogP) is 2.32. The number of aliphatic carboxylic acids is 1. The number of aryl methyl sites for hydroxylation is 1. The largest absolute Gasteiger partial charge is 0.481 e. The van der Waals surface area contributed by atoms with Crippen molar-refractivity contribution in [2.75, 3.05) is 6.54 Å². The van der Waals surface area contributed by atoms with Crippen LogP contribution in [0.5, 0.6) is 0 Å². The van der Waals surface area contributed by atoms with Crippen molar-refractivity contribution in [1.29, 1.82) is 0 Å². The molecule has 2 N–H and O–H groups in total. The van der Waals surface area contributed by atoms with Gasteiger partial charge in [-0.15, -0.1) is 0 Å². The maximum Gasteiger partial charge on any atom is 0.303 e. The molecule has 0 spiro atoms. The molecule has 112 valence electrons. The summed E-state index contributed by atoms with van der Waals surface area (Å²) in [6.45, 7) is 2.79. The summed E-state index contributed by atoms with van der Waals surface area (Å²) in [6.07, 6.45) is 1.42. The molecule has 2 rings (SSSR count). The van der Waals surface area contributed by atoms with Crippen molar-refractivity contribution in [3.8, 4) is 0 Å². The second-order valence-electron chi connectivity index (χ2n) is 5.13. The lowest BCUT2D eigenvalue weighted by Gasteiger charge is -2.09. The molecule has 21 heavy (non-hydrogen) atoms. The first-order chi connectivity index (χ1) is 10.1. The van der Waals surface area contributed by atoms with E-state index in [-0.39, 0.29) is 18.9 Å². The van der Waals surface area contributed by atoms with E-state index >= 15 is 0 Å². The van der Waals surface area contributed by atoms with Gasteiger partial charge in [-0.2, -0.15) is 0 Å². The Balaban J connectivity index is 1.87. The van der Waals surface area contributed by atoms with Crippen LogP contribution in [0, 0.1) is 6.92 Å². The van der Waals surface area contributed by atoms with Gasteiger partial charge in [-0.05, 0) is 37.3 Å². The Kier molecular flexibility index (Phi) is 4.98. The summed E-state index contributed by atoms with van der Waals surface area (Å²) in [7, 11) is 0. The van der Waals surface area contributed by atoms with E-state index in [1.807, 2.05) is 35.8 Å². The van der Waals surface area contributed by atoms with E-state index in [1.165, 1.54) is 0 Å². The molecule has 5 nitrogen and oxygen atoms in total. The van der Waals surface area contributed by atoms with Gasteiger partial charge in [0.2, 0.25) is 5.91 Å². The van der Waals surface area contributed by atoms with Crippen molar-refractivity contribution >= 4 is 22.8 Å². The molecule has 1 heterocycles. The molecule has 0 atom stereocenters. The first-order valence-corrected chi connectivity index (χ1v) is 7.11. The van der Waals surface area contributed by atoms with Gasteiger partial charge in [0, 0.05) is 24.2 Å². The fraction of sp³-hybridized carbons (Fsp3) is 0.375. The van der Waals surface area contributed by atoms with Gasteiger partial charge in [0.1, 0.15) is 6.54 Å². The summed E-state index contributed by atoms with van der Waals surface area (Å²) in [6, 6.07) is 10.0. The fourth-order valence-corrected chi connectivity index (χ4v) is 2.39. The van der Waals surface area contributed by atoms with Gasteiger partial charge in [-0.3, -0.25) is 9.59 Å². The van der Waals surface area contributed by atoms with E-state index in [2.05, 4.69) is 11.4 Å². The first kappa shape index (κ1) is 15.1. The summed E-state index contributed by atoms with van der Waals surface area (Å²) in [5.41, 5.74) is 2.10. The highest BCUT2D eigenvalue weighted by Gasteiger charge is 2.08. The van der Waals surface area contributed by atoms with Crippen molar-refractivity contribution in [2.24, 2.45) is 0 Å². The average molecular weight is 288 g/mol. The summed E-state index contributed by atoms with van der Waals surface area (Å²) < 4.78 is 1.99. The number of benzene rings is 1. The van der Waals surface area contributed by atoms with Crippen molar-refractivity contribution in [3.05, 3.63) is 36.0 Å². The molecule has 0 saturated heterocycles. The first-order valence-electron chi connectivity index (χ1n) is 7.11. The van der Waals surface area contributed by atoms with E-state index in [4.69, 9.17) is 5.11 Å². The van der Waals surface area contributed by atoms with Crippen LogP contribution in [-0.4, -0.2) is 28.1 Å². The van der Waals surface area contributed by atoms with E-state index in [9.17, 15) is 9.59 Å². The lowest BCUT2D eigenvalue weighted by Crippen LogP contribution is -2.28. The number of carboxylic acid groups (broad SMARTS) is 1. The number of carbonyl (C=O) groups excluding carboxylic acids is 1. The summed E-state index contributed by atoms with van der Waals surface area (Å²) in [5.74, 6) is -0.842. The molecule has 0 aliphatic rings. The van der Waals surface area contributed by atoms with Gasteiger partial charge in [-0.1, -0.05) is 18.2 Å². The van der Waals surface area contributed by atoms with Gasteiger partial charge in [0.25, 0.3) is 0 Å². The van der Waals surface area contributed by atoms with Crippen LogP contribution in [0.15, 0.2) is 30.3 Å². The number of rotatable bonds is 7. The molecule has 0 aliphatic heterocycles. The van der Waals surface area contributed by atoms with Crippen molar-refractivity contribution in [3.63, 3.8) is 0 Å². The van der Waals surface area contributed by atoms with Crippen LogP contribution in [0.25, 0.3) is 10.9 Å². The number of nitrogens with zero attached hydrogens (tertiary/aromatic N) is 1. The smallest absolute Gasteiger partial charge is 0.303 e. The zero-order chi connectivity index (χ0) is 15.2. The monoisotopic (exact) mass is 288 g/mol. The number of nitrogens with one attached hydrogen (secondary N) is 1. The van der Waals surface area contributed by atoms with Crippen LogP contribution < -0.4 is 5.32 Å². The summed E-state index contributed by atoms with van der Waals surface area (Å²) in [5, 5.41) is 12.5. The zero-order valence-electron chi connectivity index (χ0n) is 12.1. The van der Waals surface area contributed by atoms with Crippen molar-refractivity contribution in [2.45, 2.75) is 32.7 Å². The third-order valence-corrected chi connectivity index (χ3v) is 3.46. The van der Waals surface area contributed by atoms with Crippen LogP contribution in [-0.2, 0) is 16.1 Å². The van der Waals surface area contributed by atoms with Gasteiger partial charge < -0.3 is 15.0 Å². The molecule has 5 heteroatoms. The number of hydrogen-bond acceptors (Lipinski definition) is 2. The number of unbranched alkanes of at least 4 members (excludes halogenated alkanes) is 1. The normalized spacial score (nSPS) is 10.7. The van der Waals surface area contributed by atoms with Crippen molar-refractivity contribution < 1.29 is 14.7 Å². The Hall–Kier alpha value is -2.30. The third kappa shape index (κ3) is 4.08. The Morgan fingerprint density at radius 3 is 2.76 bits per heavy atom.